The molecular formula is C19H7Cl2F6N3OS. The standard InChI is InChI=1S/C19H7Cl2F6N3OS/c20-11-6-10(18(22,23)24)7-12(21)15(11)30-16(14(19(25,26)27)13(8-28)29-30)31-17(32)9-4-2-1-3-5-9/h1-7H. The fourth-order valence-corrected chi connectivity index (χ4v) is 3.50. The normalized spacial score (nSPS) is 11.8. The van der Waals surface area contributed by atoms with Gasteiger partial charge in [0.15, 0.2) is 16.3 Å². The zero-order chi connectivity index (χ0) is 23.8. The second-order valence-electron chi connectivity index (χ2n) is 6.09. The third-order valence-corrected chi connectivity index (χ3v) is 4.88. The van der Waals surface area contributed by atoms with Gasteiger partial charge in [0.2, 0.25) is 5.88 Å². The minimum absolute atomic E-state index is 0.228. The first kappa shape index (κ1) is 23.8. The number of ether oxygens (including phenoxy) is 1. The zero-order valence-electron chi connectivity index (χ0n) is 15.2. The van der Waals surface area contributed by atoms with E-state index in [1.165, 1.54) is 18.2 Å². The first-order valence-electron chi connectivity index (χ1n) is 8.28. The van der Waals surface area contributed by atoms with Gasteiger partial charge in [-0.15, -0.1) is 0 Å². The molecule has 3 aromatic rings. The quantitative estimate of drug-likeness (QED) is 0.286. The van der Waals surface area contributed by atoms with Gasteiger partial charge in [0, 0.05) is 5.56 Å². The number of nitrogens with zero attached hydrogens (tertiary/aromatic N) is 3. The topological polar surface area (TPSA) is 50.8 Å². The third-order valence-electron chi connectivity index (χ3n) is 3.99. The maximum Gasteiger partial charge on any atom is 0.424 e. The summed E-state index contributed by atoms with van der Waals surface area (Å²) in [5, 5.41) is 10.9. The van der Waals surface area contributed by atoms with Crippen LogP contribution in [0.5, 0.6) is 5.88 Å². The lowest BCUT2D eigenvalue weighted by Crippen LogP contribution is -2.15. The Morgan fingerprint density at radius 2 is 1.56 bits per heavy atom. The van der Waals surface area contributed by atoms with Crippen LogP contribution in [0.3, 0.4) is 0 Å². The minimum Gasteiger partial charge on any atom is -0.426 e. The highest BCUT2D eigenvalue weighted by atomic mass is 35.5. The summed E-state index contributed by atoms with van der Waals surface area (Å²) >= 11 is 16.9. The second kappa shape index (κ2) is 8.61. The molecule has 0 bridgehead atoms. The van der Waals surface area contributed by atoms with E-state index in [4.69, 9.17) is 40.2 Å². The number of halogens is 8. The Hall–Kier alpha value is -2.81. The van der Waals surface area contributed by atoms with E-state index < -0.39 is 55.8 Å². The molecule has 0 aliphatic heterocycles. The van der Waals surface area contributed by atoms with Crippen LogP contribution in [0.4, 0.5) is 26.3 Å². The summed E-state index contributed by atoms with van der Waals surface area (Å²) in [5.74, 6) is -1.08. The molecular weight excluding hydrogens is 503 g/mol. The Bertz CT molecular complexity index is 1210. The number of hydrogen-bond acceptors (Lipinski definition) is 4. The Labute approximate surface area is 191 Å². The first-order valence-corrected chi connectivity index (χ1v) is 9.45. The number of alkyl halides is 6. The molecule has 0 radical (unpaired) electrons. The molecule has 3 rings (SSSR count). The van der Waals surface area contributed by atoms with Crippen molar-refractivity contribution in [3.05, 3.63) is 74.9 Å². The summed E-state index contributed by atoms with van der Waals surface area (Å²) in [7, 11) is 0. The predicted molar refractivity (Wildman–Crippen MR) is 107 cm³/mol. The van der Waals surface area contributed by atoms with Gasteiger partial charge in [0.25, 0.3) is 0 Å². The van der Waals surface area contributed by atoms with Gasteiger partial charge in [-0.05, 0) is 24.4 Å². The maximum absolute atomic E-state index is 13.8. The molecule has 0 aliphatic rings. The molecule has 1 aromatic heterocycles. The molecule has 0 N–H and O–H groups in total. The lowest BCUT2D eigenvalue weighted by molar-refractivity contribution is -0.139. The van der Waals surface area contributed by atoms with Crippen LogP contribution in [0.15, 0.2) is 42.5 Å². The highest BCUT2D eigenvalue weighted by Gasteiger charge is 2.43. The Morgan fingerprint density at radius 3 is 2.03 bits per heavy atom. The van der Waals surface area contributed by atoms with Gasteiger partial charge in [0.1, 0.15) is 11.8 Å². The average Bonchev–Trinajstić information content (AvgIpc) is 3.05. The number of thiocarbonyl (C=S) groups is 1. The van der Waals surface area contributed by atoms with Crippen LogP contribution < -0.4 is 4.74 Å². The monoisotopic (exact) mass is 509 g/mol. The van der Waals surface area contributed by atoms with Gasteiger partial charge in [0.05, 0.1) is 15.6 Å². The third kappa shape index (κ3) is 4.67. The molecule has 0 spiro atoms. The van der Waals surface area contributed by atoms with E-state index in [1.807, 2.05) is 0 Å². The molecule has 0 atom stereocenters. The molecule has 13 heteroatoms. The van der Waals surface area contributed by atoms with E-state index in [0.717, 1.165) is 0 Å². The molecule has 0 aliphatic carbocycles. The molecule has 166 valence electrons. The van der Waals surface area contributed by atoms with Crippen molar-refractivity contribution in [2.45, 2.75) is 12.4 Å². The second-order valence-corrected chi connectivity index (χ2v) is 7.28. The van der Waals surface area contributed by atoms with Crippen molar-refractivity contribution in [2.24, 2.45) is 0 Å². The van der Waals surface area contributed by atoms with Crippen LogP contribution in [-0.2, 0) is 12.4 Å². The van der Waals surface area contributed by atoms with E-state index in [-0.39, 0.29) is 5.56 Å². The molecule has 0 saturated heterocycles. The van der Waals surface area contributed by atoms with Gasteiger partial charge in [-0.1, -0.05) is 53.5 Å². The minimum atomic E-state index is -5.13. The SMILES string of the molecule is N#Cc1nn(-c2c(Cl)cc(C(F)(F)F)cc2Cl)c(OC(=S)c2ccccc2)c1C(F)(F)F. The van der Waals surface area contributed by atoms with Crippen LogP contribution in [0.2, 0.25) is 10.0 Å². The van der Waals surface area contributed by atoms with E-state index >= 15 is 0 Å². The van der Waals surface area contributed by atoms with Crippen LogP contribution in [0, 0.1) is 11.3 Å². The zero-order valence-corrected chi connectivity index (χ0v) is 17.6. The highest BCUT2D eigenvalue weighted by molar-refractivity contribution is 7.80. The fourth-order valence-electron chi connectivity index (χ4n) is 2.63. The number of benzene rings is 2. The van der Waals surface area contributed by atoms with Crippen molar-refractivity contribution in [1.29, 1.82) is 5.26 Å². The van der Waals surface area contributed by atoms with Crippen LogP contribution in [-0.4, -0.2) is 14.8 Å². The predicted octanol–water partition coefficient (Wildman–Crippen LogP) is 6.84. The Morgan fingerprint density at radius 1 is 1.00 bits per heavy atom. The van der Waals surface area contributed by atoms with Crippen molar-refractivity contribution in [3.63, 3.8) is 0 Å². The molecule has 4 nitrogen and oxygen atoms in total. The largest absolute Gasteiger partial charge is 0.426 e. The van der Waals surface area contributed by atoms with Crippen molar-refractivity contribution < 1.29 is 31.1 Å². The number of aromatic nitrogens is 2. The van der Waals surface area contributed by atoms with Crippen molar-refractivity contribution >= 4 is 40.5 Å². The van der Waals surface area contributed by atoms with Crippen LogP contribution in [0.1, 0.15) is 22.4 Å². The van der Waals surface area contributed by atoms with Gasteiger partial charge in [-0.2, -0.15) is 41.4 Å². The summed E-state index contributed by atoms with van der Waals surface area (Å²) in [6.45, 7) is 0. The van der Waals surface area contributed by atoms with Gasteiger partial charge in [-0.3, -0.25) is 0 Å². The van der Waals surface area contributed by atoms with Gasteiger partial charge < -0.3 is 4.74 Å². The lowest BCUT2D eigenvalue weighted by Gasteiger charge is -2.16. The Kier molecular flexibility index (Phi) is 6.42. The van der Waals surface area contributed by atoms with E-state index in [2.05, 4.69) is 5.10 Å². The number of nitriles is 1. The average molecular weight is 510 g/mol. The molecule has 1 heterocycles. The number of rotatable bonds is 3. The van der Waals surface area contributed by atoms with Gasteiger partial charge >= 0.3 is 12.4 Å². The van der Waals surface area contributed by atoms with Crippen LogP contribution >= 0.6 is 35.4 Å². The van der Waals surface area contributed by atoms with Crippen LogP contribution in [0.25, 0.3) is 5.69 Å². The van der Waals surface area contributed by atoms with Crippen molar-refractivity contribution in [1.82, 2.24) is 9.78 Å². The molecule has 0 amide bonds. The summed E-state index contributed by atoms with van der Waals surface area (Å²) in [4.78, 5) is 0. The summed E-state index contributed by atoms with van der Waals surface area (Å²) in [5.41, 5.74) is -4.27. The molecule has 2 aromatic carbocycles. The van der Waals surface area contributed by atoms with Crippen molar-refractivity contribution in [2.75, 3.05) is 0 Å². The first-order chi connectivity index (χ1) is 14.8. The lowest BCUT2D eigenvalue weighted by atomic mass is 10.2. The maximum atomic E-state index is 13.8. The number of hydrogen-bond donors (Lipinski definition) is 0. The highest BCUT2D eigenvalue weighted by Crippen LogP contribution is 2.44. The molecule has 0 unspecified atom stereocenters. The smallest absolute Gasteiger partial charge is 0.424 e. The molecule has 0 fully saturated rings. The fraction of sp³-hybridized carbons (Fsp3) is 0.105. The molecule has 32 heavy (non-hydrogen) atoms. The summed E-state index contributed by atoms with van der Waals surface area (Å²) in [6, 6.07) is 9.86. The van der Waals surface area contributed by atoms with Crippen molar-refractivity contribution in [3.8, 4) is 17.6 Å². The summed E-state index contributed by atoms with van der Waals surface area (Å²) < 4.78 is 86.0. The summed E-state index contributed by atoms with van der Waals surface area (Å²) in [6.07, 6.45) is -9.95. The van der Waals surface area contributed by atoms with Gasteiger partial charge in [-0.25, -0.2) is 0 Å². The van der Waals surface area contributed by atoms with E-state index in [9.17, 15) is 31.6 Å². The van der Waals surface area contributed by atoms with E-state index in [1.54, 1.807) is 18.2 Å². The molecule has 0 saturated carbocycles. The Balaban J connectivity index is 2.27. The van der Waals surface area contributed by atoms with E-state index in [0.29, 0.717) is 16.8 Å².